The van der Waals surface area contributed by atoms with Gasteiger partial charge >= 0.3 is 0 Å². The fraction of sp³-hybridized carbons (Fsp3) is 0.269. The van der Waals surface area contributed by atoms with Crippen molar-refractivity contribution in [2.75, 3.05) is 19.5 Å². The standard InChI is InChI=1S/C26H29N3O4/c1-32-21-8-3-6-19(16-21)11-13-25(30)28-18-24-23(10-5-15-27-24)29-26(31)14-12-20-7-4-9-22(17-20)33-2/h3-10,15-17H,11-14,18H2,1-2H3,(H,28,30)(H,29,31). The summed E-state index contributed by atoms with van der Waals surface area (Å²) in [6.07, 6.45) is 3.53. The van der Waals surface area contributed by atoms with Crippen molar-refractivity contribution in [1.29, 1.82) is 0 Å². The van der Waals surface area contributed by atoms with Gasteiger partial charge in [0.05, 0.1) is 32.1 Å². The Morgan fingerprint density at radius 2 is 1.42 bits per heavy atom. The van der Waals surface area contributed by atoms with Crippen LogP contribution in [0.3, 0.4) is 0 Å². The maximum atomic E-state index is 12.5. The molecular formula is C26H29N3O4. The summed E-state index contributed by atoms with van der Waals surface area (Å²) in [6, 6.07) is 18.9. The van der Waals surface area contributed by atoms with Gasteiger partial charge in [0, 0.05) is 19.0 Å². The predicted octanol–water partition coefficient (Wildman–Crippen LogP) is 3.92. The number of hydrogen-bond donors (Lipinski definition) is 2. The van der Waals surface area contributed by atoms with Crippen LogP contribution >= 0.6 is 0 Å². The topological polar surface area (TPSA) is 89.5 Å². The number of amides is 2. The number of methoxy groups -OCH3 is 2. The molecule has 172 valence electrons. The van der Waals surface area contributed by atoms with Gasteiger partial charge in [0.25, 0.3) is 0 Å². The molecule has 0 aliphatic rings. The second-order valence-electron chi connectivity index (χ2n) is 7.53. The van der Waals surface area contributed by atoms with E-state index in [9.17, 15) is 9.59 Å². The Kier molecular flexibility index (Phi) is 8.82. The van der Waals surface area contributed by atoms with E-state index in [4.69, 9.17) is 9.47 Å². The number of anilines is 1. The molecule has 33 heavy (non-hydrogen) atoms. The van der Waals surface area contributed by atoms with Crippen LogP contribution in [-0.4, -0.2) is 31.0 Å². The highest BCUT2D eigenvalue weighted by molar-refractivity contribution is 5.91. The second-order valence-corrected chi connectivity index (χ2v) is 7.53. The molecule has 1 aromatic heterocycles. The summed E-state index contributed by atoms with van der Waals surface area (Å²) in [5, 5.41) is 5.79. The first-order chi connectivity index (χ1) is 16.1. The van der Waals surface area contributed by atoms with Crippen molar-refractivity contribution in [2.24, 2.45) is 0 Å². The summed E-state index contributed by atoms with van der Waals surface area (Å²) in [5.74, 6) is 1.34. The molecule has 0 unspecified atom stereocenters. The Bertz CT molecular complexity index is 1080. The van der Waals surface area contributed by atoms with E-state index >= 15 is 0 Å². The first kappa shape index (κ1) is 23.8. The predicted molar refractivity (Wildman–Crippen MR) is 127 cm³/mol. The van der Waals surface area contributed by atoms with Crippen molar-refractivity contribution >= 4 is 17.5 Å². The van der Waals surface area contributed by atoms with Gasteiger partial charge < -0.3 is 20.1 Å². The molecule has 1 heterocycles. The molecule has 2 aromatic carbocycles. The number of benzene rings is 2. The lowest BCUT2D eigenvalue weighted by molar-refractivity contribution is -0.121. The summed E-state index contributed by atoms with van der Waals surface area (Å²) in [4.78, 5) is 29.1. The van der Waals surface area contributed by atoms with Crippen LogP contribution < -0.4 is 20.1 Å². The summed E-state index contributed by atoms with van der Waals surface area (Å²) in [6.45, 7) is 0.239. The molecule has 0 fully saturated rings. The number of hydrogen-bond acceptors (Lipinski definition) is 5. The fourth-order valence-electron chi connectivity index (χ4n) is 3.35. The number of carbonyl (C=O) groups is 2. The first-order valence-corrected chi connectivity index (χ1v) is 10.8. The van der Waals surface area contributed by atoms with Crippen molar-refractivity contribution in [1.82, 2.24) is 10.3 Å². The third-order valence-corrected chi connectivity index (χ3v) is 5.17. The number of nitrogens with zero attached hydrogens (tertiary/aromatic N) is 1. The molecule has 0 bridgehead atoms. The monoisotopic (exact) mass is 447 g/mol. The largest absolute Gasteiger partial charge is 0.497 e. The summed E-state index contributed by atoms with van der Waals surface area (Å²) in [5.41, 5.74) is 3.27. The number of carbonyl (C=O) groups excluding carboxylic acids is 2. The van der Waals surface area contributed by atoms with Gasteiger partial charge in [-0.1, -0.05) is 24.3 Å². The lowest BCUT2D eigenvalue weighted by atomic mass is 10.1. The average molecular weight is 448 g/mol. The van der Waals surface area contributed by atoms with Crippen LogP contribution in [-0.2, 0) is 29.0 Å². The zero-order chi connectivity index (χ0) is 23.5. The van der Waals surface area contributed by atoms with Gasteiger partial charge in [0.15, 0.2) is 0 Å². The molecule has 3 rings (SSSR count). The molecule has 7 nitrogen and oxygen atoms in total. The van der Waals surface area contributed by atoms with Gasteiger partial charge in [-0.25, -0.2) is 0 Å². The Morgan fingerprint density at radius 1 is 0.818 bits per heavy atom. The Hall–Kier alpha value is -3.87. The molecule has 0 saturated carbocycles. The van der Waals surface area contributed by atoms with Gasteiger partial charge in [-0.15, -0.1) is 0 Å². The molecule has 0 aliphatic heterocycles. The molecular weight excluding hydrogens is 418 g/mol. The van der Waals surface area contributed by atoms with Crippen LogP contribution in [0.15, 0.2) is 66.9 Å². The van der Waals surface area contributed by atoms with Crippen LogP contribution in [0.25, 0.3) is 0 Å². The van der Waals surface area contributed by atoms with E-state index < -0.39 is 0 Å². The van der Waals surface area contributed by atoms with Crippen molar-refractivity contribution in [3.63, 3.8) is 0 Å². The van der Waals surface area contributed by atoms with Crippen molar-refractivity contribution in [3.05, 3.63) is 83.7 Å². The number of aryl methyl sites for hydroxylation is 2. The van der Waals surface area contributed by atoms with Crippen LogP contribution in [0, 0.1) is 0 Å². The van der Waals surface area contributed by atoms with Crippen molar-refractivity contribution < 1.29 is 19.1 Å². The number of aromatic nitrogens is 1. The normalized spacial score (nSPS) is 10.4. The molecule has 7 heteroatoms. The van der Waals surface area contributed by atoms with Crippen LogP contribution in [0.1, 0.15) is 29.7 Å². The Balaban J connectivity index is 1.48. The van der Waals surface area contributed by atoms with Crippen LogP contribution in [0.2, 0.25) is 0 Å². The van der Waals surface area contributed by atoms with Crippen LogP contribution in [0.5, 0.6) is 11.5 Å². The summed E-state index contributed by atoms with van der Waals surface area (Å²) in [7, 11) is 3.24. The fourth-order valence-corrected chi connectivity index (χ4v) is 3.35. The quantitative estimate of drug-likeness (QED) is 0.465. The minimum absolute atomic E-state index is 0.0845. The van der Waals surface area contributed by atoms with E-state index in [-0.39, 0.29) is 18.4 Å². The van der Waals surface area contributed by atoms with E-state index in [1.807, 2.05) is 48.5 Å². The average Bonchev–Trinajstić information content (AvgIpc) is 2.86. The number of ether oxygens (including phenoxy) is 2. The first-order valence-electron chi connectivity index (χ1n) is 10.8. The van der Waals surface area contributed by atoms with Gasteiger partial charge in [0.1, 0.15) is 11.5 Å². The smallest absolute Gasteiger partial charge is 0.224 e. The SMILES string of the molecule is COc1cccc(CCC(=O)NCc2ncccc2NC(=O)CCc2cccc(OC)c2)c1. The summed E-state index contributed by atoms with van der Waals surface area (Å²) >= 11 is 0. The zero-order valence-corrected chi connectivity index (χ0v) is 19.0. The van der Waals surface area contributed by atoms with Gasteiger partial charge in [0.2, 0.25) is 11.8 Å². The molecule has 3 aromatic rings. The molecule has 2 amide bonds. The highest BCUT2D eigenvalue weighted by Crippen LogP contribution is 2.17. The minimum atomic E-state index is -0.114. The van der Waals surface area contributed by atoms with Crippen molar-refractivity contribution in [3.8, 4) is 11.5 Å². The van der Waals surface area contributed by atoms with Crippen molar-refractivity contribution in [2.45, 2.75) is 32.2 Å². The zero-order valence-electron chi connectivity index (χ0n) is 19.0. The molecule has 0 radical (unpaired) electrons. The highest BCUT2D eigenvalue weighted by atomic mass is 16.5. The number of rotatable bonds is 11. The molecule has 0 atom stereocenters. The molecule has 0 aliphatic carbocycles. The van der Waals surface area contributed by atoms with Gasteiger partial charge in [-0.2, -0.15) is 0 Å². The lowest BCUT2D eigenvalue weighted by Gasteiger charge is -2.11. The molecule has 0 saturated heterocycles. The Labute approximate surface area is 194 Å². The van der Waals surface area contributed by atoms with Gasteiger partial charge in [-0.05, 0) is 60.4 Å². The van der Waals surface area contributed by atoms with Gasteiger partial charge in [-0.3, -0.25) is 14.6 Å². The van der Waals surface area contributed by atoms with E-state index in [1.165, 1.54) is 0 Å². The summed E-state index contributed by atoms with van der Waals surface area (Å²) < 4.78 is 10.4. The second kappa shape index (κ2) is 12.2. The van der Waals surface area contributed by atoms with E-state index in [0.29, 0.717) is 37.1 Å². The third-order valence-electron chi connectivity index (χ3n) is 5.17. The lowest BCUT2D eigenvalue weighted by Crippen LogP contribution is -2.24. The van der Waals surface area contributed by atoms with Crippen LogP contribution in [0.4, 0.5) is 5.69 Å². The maximum Gasteiger partial charge on any atom is 0.224 e. The molecule has 0 spiro atoms. The Morgan fingerprint density at radius 3 is 2.03 bits per heavy atom. The maximum absolute atomic E-state index is 12.5. The van der Waals surface area contributed by atoms with E-state index in [0.717, 1.165) is 22.6 Å². The number of pyridine rings is 1. The highest BCUT2D eigenvalue weighted by Gasteiger charge is 2.10. The minimum Gasteiger partial charge on any atom is -0.497 e. The van der Waals surface area contributed by atoms with E-state index in [2.05, 4.69) is 15.6 Å². The third kappa shape index (κ3) is 7.64. The van der Waals surface area contributed by atoms with E-state index in [1.54, 1.807) is 32.5 Å². The molecule has 2 N–H and O–H groups in total. The number of nitrogens with one attached hydrogen (secondary N) is 2.